The first-order chi connectivity index (χ1) is 11.6. The molecule has 3 atom stereocenters. The third-order valence-corrected chi connectivity index (χ3v) is 5.50. The number of hydrogen-bond acceptors (Lipinski definition) is 4. The number of carbonyl (C=O) groups is 1. The van der Waals surface area contributed by atoms with E-state index >= 15 is 0 Å². The molecule has 1 aromatic carbocycles. The van der Waals surface area contributed by atoms with Crippen molar-refractivity contribution in [1.82, 2.24) is 10.6 Å². The summed E-state index contributed by atoms with van der Waals surface area (Å²) < 4.78 is 6.41. The van der Waals surface area contributed by atoms with Crippen LogP contribution in [0.25, 0.3) is 0 Å². The Morgan fingerprint density at radius 3 is 2.75 bits per heavy atom. The minimum absolute atomic E-state index is 0.0289. The summed E-state index contributed by atoms with van der Waals surface area (Å²) in [6.45, 7) is 0.376. The first kappa shape index (κ1) is 17.7. The van der Waals surface area contributed by atoms with Crippen LogP contribution in [0.2, 0.25) is 0 Å². The van der Waals surface area contributed by atoms with Crippen LogP contribution in [0.15, 0.2) is 28.7 Å². The minimum Gasteiger partial charge on any atom is -0.490 e. The SMILES string of the molecule is O=C(CC1CC2CCC(C1)N2)NCC(O)COc1ccccc1Br. The van der Waals surface area contributed by atoms with Crippen molar-refractivity contribution in [2.45, 2.75) is 50.3 Å². The smallest absolute Gasteiger partial charge is 0.220 e. The fraction of sp³-hybridized carbons (Fsp3) is 0.611. The number of benzene rings is 1. The van der Waals surface area contributed by atoms with Crippen molar-refractivity contribution in [3.05, 3.63) is 28.7 Å². The van der Waals surface area contributed by atoms with E-state index in [4.69, 9.17) is 4.74 Å². The number of carbonyl (C=O) groups excluding carboxylic acids is 1. The average molecular weight is 397 g/mol. The Labute approximate surface area is 151 Å². The number of rotatable bonds is 7. The highest BCUT2D eigenvalue weighted by atomic mass is 79.9. The third-order valence-electron chi connectivity index (χ3n) is 4.85. The van der Waals surface area contributed by atoms with Crippen molar-refractivity contribution in [3.63, 3.8) is 0 Å². The Morgan fingerprint density at radius 2 is 2.04 bits per heavy atom. The molecule has 2 bridgehead atoms. The molecule has 2 aliphatic rings. The van der Waals surface area contributed by atoms with E-state index in [1.54, 1.807) is 0 Å². The zero-order valence-corrected chi connectivity index (χ0v) is 15.3. The number of para-hydroxylation sites is 1. The van der Waals surface area contributed by atoms with Gasteiger partial charge in [-0.2, -0.15) is 0 Å². The number of fused-ring (bicyclic) bond motifs is 2. The summed E-state index contributed by atoms with van der Waals surface area (Å²) in [6.07, 6.45) is 4.52. The maximum absolute atomic E-state index is 12.1. The van der Waals surface area contributed by atoms with E-state index in [-0.39, 0.29) is 19.1 Å². The number of halogens is 1. The lowest BCUT2D eigenvalue weighted by atomic mass is 9.89. The monoisotopic (exact) mass is 396 g/mol. The zero-order valence-electron chi connectivity index (χ0n) is 13.7. The maximum atomic E-state index is 12.1. The first-order valence-electron chi connectivity index (χ1n) is 8.68. The number of piperidine rings is 1. The van der Waals surface area contributed by atoms with Crippen molar-refractivity contribution >= 4 is 21.8 Å². The molecule has 6 heteroatoms. The summed E-state index contributed by atoms with van der Waals surface area (Å²) in [5.41, 5.74) is 0. The van der Waals surface area contributed by atoms with Gasteiger partial charge in [0, 0.05) is 25.0 Å². The standard InChI is InChI=1S/C18H25BrN2O3/c19-16-3-1-2-4-17(16)24-11-15(22)10-20-18(23)9-12-7-13-5-6-14(8-12)21-13/h1-4,12-15,21-22H,5-11H2,(H,20,23). The molecule has 1 amide bonds. The van der Waals surface area contributed by atoms with Crippen LogP contribution in [-0.2, 0) is 4.79 Å². The summed E-state index contributed by atoms with van der Waals surface area (Å²) in [5, 5.41) is 16.4. The van der Waals surface area contributed by atoms with Gasteiger partial charge in [-0.3, -0.25) is 4.79 Å². The van der Waals surface area contributed by atoms with Crippen molar-refractivity contribution in [2.24, 2.45) is 5.92 Å². The van der Waals surface area contributed by atoms with Gasteiger partial charge in [-0.25, -0.2) is 0 Å². The topological polar surface area (TPSA) is 70.6 Å². The molecule has 0 saturated carbocycles. The van der Waals surface area contributed by atoms with Gasteiger partial charge in [-0.1, -0.05) is 12.1 Å². The van der Waals surface area contributed by atoms with E-state index in [0.717, 1.165) is 17.3 Å². The highest BCUT2D eigenvalue weighted by molar-refractivity contribution is 9.10. The number of aliphatic hydroxyl groups is 1. The molecule has 2 saturated heterocycles. The lowest BCUT2D eigenvalue weighted by Gasteiger charge is -2.28. The summed E-state index contributed by atoms with van der Waals surface area (Å²) in [7, 11) is 0. The van der Waals surface area contributed by atoms with E-state index in [0.29, 0.717) is 30.2 Å². The van der Waals surface area contributed by atoms with Gasteiger partial charge in [0.2, 0.25) is 5.91 Å². The van der Waals surface area contributed by atoms with Crippen LogP contribution in [-0.4, -0.2) is 42.4 Å². The number of nitrogens with one attached hydrogen (secondary N) is 2. The molecule has 3 unspecified atom stereocenters. The molecule has 0 spiro atoms. The average Bonchev–Trinajstić information content (AvgIpc) is 2.91. The highest BCUT2D eigenvalue weighted by Crippen LogP contribution is 2.32. The second kappa shape index (κ2) is 8.32. The molecule has 5 nitrogen and oxygen atoms in total. The van der Waals surface area contributed by atoms with Gasteiger partial charge < -0.3 is 20.5 Å². The summed E-state index contributed by atoms with van der Waals surface area (Å²) in [4.78, 5) is 12.1. The van der Waals surface area contributed by atoms with Crippen LogP contribution in [0, 0.1) is 5.92 Å². The van der Waals surface area contributed by atoms with E-state index < -0.39 is 6.10 Å². The van der Waals surface area contributed by atoms with Crippen LogP contribution in [0.3, 0.4) is 0 Å². The van der Waals surface area contributed by atoms with E-state index in [1.165, 1.54) is 12.8 Å². The second-order valence-corrected chi connectivity index (χ2v) is 7.73. The molecule has 0 aromatic heterocycles. The Balaban J connectivity index is 1.34. The fourth-order valence-electron chi connectivity index (χ4n) is 3.71. The van der Waals surface area contributed by atoms with Crippen molar-refractivity contribution in [3.8, 4) is 5.75 Å². The van der Waals surface area contributed by atoms with Crippen molar-refractivity contribution in [2.75, 3.05) is 13.2 Å². The van der Waals surface area contributed by atoms with Crippen LogP contribution in [0.4, 0.5) is 0 Å². The van der Waals surface area contributed by atoms with Crippen LogP contribution in [0.5, 0.6) is 5.75 Å². The predicted molar refractivity (Wildman–Crippen MR) is 95.9 cm³/mol. The lowest BCUT2D eigenvalue weighted by Crippen LogP contribution is -2.41. The van der Waals surface area contributed by atoms with Crippen LogP contribution < -0.4 is 15.4 Å². The number of aliphatic hydroxyl groups excluding tert-OH is 1. The van der Waals surface area contributed by atoms with E-state index in [2.05, 4.69) is 26.6 Å². The van der Waals surface area contributed by atoms with Gasteiger partial charge in [0.1, 0.15) is 18.5 Å². The number of ether oxygens (including phenoxy) is 1. The largest absolute Gasteiger partial charge is 0.490 e. The second-order valence-electron chi connectivity index (χ2n) is 6.88. The van der Waals surface area contributed by atoms with E-state index in [1.807, 2.05) is 24.3 Å². The molecule has 24 heavy (non-hydrogen) atoms. The van der Waals surface area contributed by atoms with Gasteiger partial charge in [0.25, 0.3) is 0 Å². The summed E-state index contributed by atoms with van der Waals surface area (Å²) in [5.74, 6) is 1.19. The lowest BCUT2D eigenvalue weighted by molar-refractivity contribution is -0.122. The molecular formula is C18H25BrN2O3. The van der Waals surface area contributed by atoms with Crippen molar-refractivity contribution < 1.29 is 14.6 Å². The van der Waals surface area contributed by atoms with Crippen molar-refractivity contribution in [1.29, 1.82) is 0 Å². The summed E-state index contributed by atoms with van der Waals surface area (Å²) >= 11 is 3.40. The maximum Gasteiger partial charge on any atom is 0.220 e. The fourth-order valence-corrected chi connectivity index (χ4v) is 4.11. The highest BCUT2D eigenvalue weighted by Gasteiger charge is 2.34. The molecule has 0 aliphatic carbocycles. The third kappa shape index (κ3) is 4.94. The normalized spacial score (nSPS) is 26.8. The van der Waals surface area contributed by atoms with Gasteiger partial charge in [-0.15, -0.1) is 0 Å². The molecule has 132 valence electrons. The van der Waals surface area contributed by atoms with Gasteiger partial charge in [0.15, 0.2) is 0 Å². The van der Waals surface area contributed by atoms with E-state index in [9.17, 15) is 9.90 Å². The molecule has 1 aromatic rings. The quantitative estimate of drug-likeness (QED) is 0.660. The van der Waals surface area contributed by atoms with Crippen LogP contribution >= 0.6 is 15.9 Å². The Morgan fingerprint density at radius 1 is 1.33 bits per heavy atom. The first-order valence-corrected chi connectivity index (χ1v) is 9.47. The van der Waals surface area contributed by atoms with Gasteiger partial charge >= 0.3 is 0 Å². The predicted octanol–water partition coefficient (Wildman–Crippen LogP) is 2.23. The Bertz CT molecular complexity index is 557. The van der Waals surface area contributed by atoms with Gasteiger partial charge in [0.05, 0.1) is 4.47 Å². The Kier molecular flexibility index (Phi) is 6.14. The molecule has 2 aliphatic heterocycles. The Hall–Kier alpha value is -1.11. The summed E-state index contributed by atoms with van der Waals surface area (Å²) in [6, 6.07) is 8.70. The molecule has 2 fully saturated rings. The molecule has 2 heterocycles. The molecular weight excluding hydrogens is 372 g/mol. The van der Waals surface area contributed by atoms with Crippen LogP contribution in [0.1, 0.15) is 32.1 Å². The molecule has 3 N–H and O–H groups in total. The van der Waals surface area contributed by atoms with Gasteiger partial charge in [-0.05, 0) is 59.7 Å². The minimum atomic E-state index is -0.717. The molecule has 0 radical (unpaired) electrons. The number of amides is 1. The zero-order chi connectivity index (χ0) is 16.9. The molecule has 3 rings (SSSR count). The number of hydrogen-bond donors (Lipinski definition) is 3.